The number of ketones is 1. The van der Waals surface area contributed by atoms with E-state index in [1.807, 2.05) is 0 Å². The van der Waals surface area contributed by atoms with Gasteiger partial charge in [0, 0.05) is 33.1 Å². The van der Waals surface area contributed by atoms with Crippen LogP contribution < -0.4 is 5.32 Å². The van der Waals surface area contributed by atoms with Crippen molar-refractivity contribution in [1.29, 1.82) is 0 Å². The summed E-state index contributed by atoms with van der Waals surface area (Å²) in [6.45, 7) is 4.88. The summed E-state index contributed by atoms with van der Waals surface area (Å²) in [7, 11) is 4.28. The Morgan fingerprint density at radius 2 is 1.91 bits per heavy atom. The first-order chi connectivity index (χ1) is 15.9. The van der Waals surface area contributed by atoms with Crippen molar-refractivity contribution < 1.29 is 37.7 Å². The molecule has 0 aromatic carbocycles. The van der Waals surface area contributed by atoms with Crippen molar-refractivity contribution in [2.75, 3.05) is 27.9 Å². The van der Waals surface area contributed by atoms with Crippen molar-refractivity contribution in [1.82, 2.24) is 10.2 Å². The predicted octanol–water partition coefficient (Wildman–Crippen LogP) is 3.39. The van der Waals surface area contributed by atoms with Crippen molar-refractivity contribution in [2.24, 2.45) is 11.8 Å². The van der Waals surface area contributed by atoms with Gasteiger partial charge in [0.25, 0.3) is 0 Å². The molecule has 0 radical (unpaired) electrons. The second-order valence-corrected chi connectivity index (χ2v) is 9.46. The van der Waals surface area contributed by atoms with E-state index in [9.17, 15) is 18.8 Å². The Morgan fingerprint density at radius 3 is 2.47 bits per heavy atom. The molecular formula is C23H33FN2O7S. The molecule has 2 aliphatic rings. The first-order valence-corrected chi connectivity index (χ1v) is 11.4. The number of halogens is 1. The van der Waals surface area contributed by atoms with E-state index in [4.69, 9.17) is 31.2 Å². The molecule has 0 saturated carbocycles. The van der Waals surface area contributed by atoms with Gasteiger partial charge in [0.1, 0.15) is 22.3 Å². The van der Waals surface area contributed by atoms with E-state index in [1.165, 1.54) is 21.3 Å². The second-order valence-electron chi connectivity index (χ2n) is 9.02. The van der Waals surface area contributed by atoms with Gasteiger partial charge in [0.2, 0.25) is 5.91 Å². The fourth-order valence-electron chi connectivity index (χ4n) is 3.77. The highest BCUT2D eigenvalue weighted by Gasteiger charge is 2.47. The molecule has 1 aliphatic carbocycles. The minimum absolute atomic E-state index is 0.0344. The Hall–Kier alpha value is -2.37. The number of hydrogen-bond donors (Lipinski definition) is 1. The van der Waals surface area contributed by atoms with Crippen LogP contribution in [0.3, 0.4) is 0 Å². The van der Waals surface area contributed by atoms with Crippen molar-refractivity contribution in [2.45, 2.75) is 58.3 Å². The first kappa shape index (κ1) is 27.9. The number of piperidine rings is 1. The molecule has 2 rings (SSSR count). The molecule has 2 amide bonds. The smallest absolute Gasteiger partial charge is 0.417 e. The molecule has 1 saturated heterocycles. The molecule has 0 aromatic rings. The minimum Gasteiger partial charge on any atom is -0.492 e. The summed E-state index contributed by atoms with van der Waals surface area (Å²) >= 11 is 5.41. The molecular weight excluding hydrogens is 467 g/mol. The third kappa shape index (κ3) is 6.83. The number of carbonyl (C=O) groups excluding carboxylic acids is 3. The van der Waals surface area contributed by atoms with Gasteiger partial charge in [-0.15, -0.1) is 0 Å². The largest absolute Gasteiger partial charge is 0.492 e. The van der Waals surface area contributed by atoms with Crippen LogP contribution in [-0.2, 0) is 28.5 Å². The molecule has 1 aliphatic heterocycles. The summed E-state index contributed by atoms with van der Waals surface area (Å²) in [4.78, 5) is 40.1. The minimum atomic E-state index is -1.44. The molecule has 1 heterocycles. The average Bonchev–Trinajstić information content (AvgIpc) is 2.74. The summed E-state index contributed by atoms with van der Waals surface area (Å²) in [6, 6.07) is 0. The van der Waals surface area contributed by atoms with Gasteiger partial charge in [-0.1, -0.05) is 18.3 Å². The molecule has 1 fully saturated rings. The topological polar surface area (TPSA) is 103 Å². The zero-order valence-corrected chi connectivity index (χ0v) is 21.3. The summed E-state index contributed by atoms with van der Waals surface area (Å²) in [5.74, 6) is -3.87. The first-order valence-electron chi connectivity index (χ1n) is 11.0. The number of likely N-dealkylation sites (tertiary alicyclic amines) is 1. The number of amides is 2. The Kier molecular flexibility index (Phi) is 9.72. The maximum absolute atomic E-state index is 14.2. The van der Waals surface area contributed by atoms with E-state index < -0.39 is 47.3 Å². The van der Waals surface area contributed by atoms with E-state index in [1.54, 1.807) is 26.8 Å². The van der Waals surface area contributed by atoms with Crippen LogP contribution in [0.4, 0.5) is 9.18 Å². The van der Waals surface area contributed by atoms with Crippen molar-refractivity contribution >= 4 is 35.0 Å². The van der Waals surface area contributed by atoms with Gasteiger partial charge in [-0.25, -0.2) is 14.1 Å². The molecule has 0 bridgehead atoms. The van der Waals surface area contributed by atoms with Crippen LogP contribution in [0, 0.1) is 11.8 Å². The molecule has 1 N–H and O–H groups in total. The lowest BCUT2D eigenvalue weighted by Crippen LogP contribution is -2.57. The van der Waals surface area contributed by atoms with Gasteiger partial charge >= 0.3 is 6.09 Å². The Bertz CT molecular complexity index is 877. The zero-order chi connectivity index (χ0) is 25.6. The SMILES string of the molecule is COC1=C(F)CCC=C1NC(=S)C1C(=O)C(CCC(OC)OC)CN(C(=O)OC(C)(C)C)C1=O. The maximum Gasteiger partial charge on any atom is 0.417 e. The monoisotopic (exact) mass is 500 g/mol. The number of thiocarbonyl (C=S) groups is 1. The highest BCUT2D eigenvalue weighted by Crippen LogP contribution is 2.29. The lowest BCUT2D eigenvalue weighted by molar-refractivity contribution is -0.146. The number of nitrogens with one attached hydrogen (secondary N) is 1. The van der Waals surface area contributed by atoms with E-state index in [2.05, 4.69) is 5.32 Å². The van der Waals surface area contributed by atoms with Crippen LogP contribution in [-0.4, -0.2) is 67.4 Å². The van der Waals surface area contributed by atoms with E-state index >= 15 is 0 Å². The zero-order valence-electron chi connectivity index (χ0n) is 20.4. The predicted molar refractivity (Wildman–Crippen MR) is 125 cm³/mol. The van der Waals surface area contributed by atoms with Crippen molar-refractivity contribution in [3.63, 3.8) is 0 Å². The number of methoxy groups -OCH3 is 3. The summed E-state index contributed by atoms with van der Waals surface area (Å²) < 4.78 is 35.1. The fraction of sp³-hybridized carbons (Fsp3) is 0.652. The standard InChI is InChI=1S/C23H33FN2O7S/c1-23(2,3)33-22(29)26-12-13(10-11-16(30-4)31-5)18(27)17(21(26)28)20(34)25-15-9-7-8-14(24)19(15)32-6/h9,13,16-17H,7-8,10-12H2,1-6H3,(H,25,34). The molecule has 2 atom stereocenters. The Labute approximate surface area is 204 Å². The maximum atomic E-state index is 14.2. The van der Waals surface area contributed by atoms with Crippen molar-refractivity contribution in [3.05, 3.63) is 23.4 Å². The van der Waals surface area contributed by atoms with Gasteiger partial charge in [-0.3, -0.25) is 9.59 Å². The average molecular weight is 501 g/mol. The van der Waals surface area contributed by atoms with Gasteiger partial charge < -0.3 is 24.3 Å². The van der Waals surface area contributed by atoms with Crippen molar-refractivity contribution in [3.8, 4) is 0 Å². The summed E-state index contributed by atoms with van der Waals surface area (Å²) in [5.41, 5.74) is -0.607. The molecule has 9 nitrogen and oxygen atoms in total. The van der Waals surface area contributed by atoms with Crippen LogP contribution in [0.25, 0.3) is 0 Å². The van der Waals surface area contributed by atoms with Crippen LogP contribution >= 0.6 is 12.2 Å². The van der Waals surface area contributed by atoms with Crippen LogP contribution in [0.1, 0.15) is 46.5 Å². The molecule has 11 heteroatoms. The second kappa shape index (κ2) is 11.9. The van der Waals surface area contributed by atoms with E-state index in [0.29, 0.717) is 12.8 Å². The number of imide groups is 1. The molecule has 34 heavy (non-hydrogen) atoms. The normalized spacial score (nSPS) is 21.5. The summed E-state index contributed by atoms with van der Waals surface area (Å²) in [5, 5.41) is 2.80. The van der Waals surface area contributed by atoms with Gasteiger partial charge in [-0.2, -0.15) is 0 Å². The van der Waals surface area contributed by atoms with Gasteiger partial charge in [0.05, 0.1) is 12.8 Å². The number of hydrogen-bond acceptors (Lipinski definition) is 8. The van der Waals surface area contributed by atoms with Gasteiger partial charge in [0.15, 0.2) is 17.8 Å². The lowest BCUT2D eigenvalue weighted by atomic mass is 9.84. The quantitative estimate of drug-likeness (QED) is 0.305. The molecule has 0 spiro atoms. The molecule has 2 unspecified atom stereocenters. The number of Topliss-reactive ketones (excluding diaryl/α,β-unsaturated/α-hetero) is 1. The molecule has 0 aromatic heterocycles. The Morgan fingerprint density at radius 1 is 1.26 bits per heavy atom. The van der Waals surface area contributed by atoms with Gasteiger partial charge in [-0.05, 0) is 40.0 Å². The number of nitrogens with zero attached hydrogens (tertiary/aromatic N) is 1. The highest BCUT2D eigenvalue weighted by atomic mass is 32.1. The summed E-state index contributed by atoms with van der Waals surface area (Å²) in [6.07, 6.45) is 1.50. The van der Waals surface area contributed by atoms with Crippen LogP contribution in [0.2, 0.25) is 0 Å². The number of carbonyl (C=O) groups is 3. The number of allylic oxidation sites excluding steroid dienone is 2. The highest BCUT2D eigenvalue weighted by molar-refractivity contribution is 7.80. The third-order valence-corrected chi connectivity index (χ3v) is 5.76. The van der Waals surface area contributed by atoms with Crippen LogP contribution in [0.15, 0.2) is 23.4 Å². The van der Waals surface area contributed by atoms with E-state index in [0.717, 1.165) is 4.90 Å². The Balaban J connectivity index is 2.31. The fourth-order valence-corrected chi connectivity index (χ4v) is 4.10. The van der Waals surface area contributed by atoms with E-state index in [-0.39, 0.29) is 35.8 Å². The van der Waals surface area contributed by atoms with Crippen LogP contribution in [0.5, 0.6) is 0 Å². The molecule has 190 valence electrons. The number of rotatable bonds is 8. The third-order valence-electron chi connectivity index (χ3n) is 5.42. The number of ether oxygens (including phenoxy) is 4. The lowest BCUT2D eigenvalue weighted by Gasteiger charge is -2.36.